The predicted octanol–water partition coefficient (Wildman–Crippen LogP) is 2.63. The third-order valence-electron chi connectivity index (χ3n) is 3.28. The number of nitrogens with zero attached hydrogens (tertiary/aromatic N) is 2. The van der Waals surface area contributed by atoms with Gasteiger partial charge in [0.1, 0.15) is 0 Å². The average Bonchev–Trinajstić information content (AvgIpc) is 2.59. The molecule has 0 atom stereocenters. The summed E-state index contributed by atoms with van der Waals surface area (Å²) in [5.41, 5.74) is 3.73. The molecule has 0 unspecified atom stereocenters. The minimum absolute atomic E-state index is 0.192. The zero-order valence-electron chi connectivity index (χ0n) is 12.0. The number of urea groups is 1. The summed E-state index contributed by atoms with van der Waals surface area (Å²) in [6.45, 7) is 0.961. The largest absolute Gasteiger partial charge is 0.334 e. The number of aromatic nitrogens is 2. The molecule has 110 valence electrons. The molecule has 3 rings (SSSR count). The molecule has 0 aliphatic heterocycles. The van der Waals surface area contributed by atoms with Crippen LogP contribution in [0.15, 0.2) is 60.9 Å². The summed E-state index contributed by atoms with van der Waals surface area (Å²) in [5.74, 6) is 0. The highest BCUT2D eigenvalue weighted by molar-refractivity contribution is 5.76. The molecular weight excluding hydrogens is 276 g/mol. The monoisotopic (exact) mass is 292 g/mol. The van der Waals surface area contributed by atoms with E-state index in [0.29, 0.717) is 13.1 Å². The van der Waals surface area contributed by atoms with Crippen LogP contribution in [0.2, 0.25) is 0 Å². The molecule has 0 radical (unpaired) electrons. The van der Waals surface area contributed by atoms with Crippen molar-refractivity contribution in [2.45, 2.75) is 13.1 Å². The van der Waals surface area contributed by atoms with Gasteiger partial charge in [0, 0.05) is 25.5 Å². The second-order valence-corrected chi connectivity index (χ2v) is 4.90. The van der Waals surface area contributed by atoms with Gasteiger partial charge in [0.25, 0.3) is 0 Å². The third-order valence-corrected chi connectivity index (χ3v) is 3.28. The zero-order valence-corrected chi connectivity index (χ0v) is 12.0. The number of hydrogen-bond acceptors (Lipinski definition) is 3. The van der Waals surface area contributed by atoms with Crippen LogP contribution in [0.5, 0.6) is 0 Å². The third kappa shape index (κ3) is 3.58. The first-order valence-electron chi connectivity index (χ1n) is 7.06. The van der Waals surface area contributed by atoms with Crippen molar-refractivity contribution in [3.05, 3.63) is 72.1 Å². The fourth-order valence-electron chi connectivity index (χ4n) is 2.14. The number of carbonyl (C=O) groups excluding carboxylic acids is 1. The maximum atomic E-state index is 11.8. The van der Waals surface area contributed by atoms with Crippen molar-refractivity contribution in [1.82, 2.24) is 20.6 Å². The van der Waals surface area contributed by atoms with E-state index in [1.165, 1.54) is 0 Å². The van der Waals surface area contributed by atoms with Crippen LogP contribution in [-0.2, 0) is 13.1 Å². The van der Waals surface area contributed by atoms with Crippen molar-refractivity contribution in [1.29, 1.82) is 0 Å². The van der Waals surface area contributed by atoms with Crippen LogP contribution >= 0.6 is 0 Å². The molecule has 0 saturated heterocycles. The molecule has 2 aromatic carbocycles. The maximum Gasteiger partial charge on any atom is 0.315 e. The Morgan fingerprint density at radius 3 is 2.27 bits per heavy atom. The van der Waals surface area contributed by atoms with Gasteiger partial charge in [-0.05, 0) is 23.3 Å². The van der Waals surface area contributed by atoms with Gasteiger partial charge in [-0.2, -0.15) is 0 Å². The lowest BCUT2D eigenvalue weighted by Crippen LogP contribution is -2.34. The van der Waals surface area contributed by atoms with Crippen LogP contribution in [-0.4, -0.2) is 16.0 Å². The molecule has 5 heteroatoms. The topological polar surface area (TPSA) is 66.9 Å². The van der Waals surface area contributed by atoms with Gasteiger partial charge < -0.3 is 10.6 Å². The summed E-state index contributed by atoms with van der Waals surface area (Å²) < 4.78 is 0. The molecule has 0 saturated carbocycles. The smallest absolute Gasteiger partial charge is 0.315 e. The minimum Gasteiger partial charge on any atom is -0.334 e. The summed E-state index contributed by atoms with van der Waals surface area (Å²) in [6, 6.07) is 15.4. The quantitative estimate of drug-likeness (QED) is 0.777. The average molecular weight is 292 g/mol. The van der Waals surface area contributed by atoms with Crippen molar-refractivity contribution in [2.24, 2.45) is 0 Å². The number of nitrogens with one attached hydrogen (secondary N) is 2. The number of hydrogen-bond donors (Lipinski definition) is 2. The van der Waals surface area contributed by atoms with Crippen molar-refractivity contribution in [3.8, 4) is 0 Å². The molecular formula is C17H16N4O. The molecule has 0 aliphatic rings. The van der Waals surface area contributed by atoms with Crippen LogP contribution in [0.1, 0.15) is 11.1 Å². The van der Waals surface area contributed by atoms with E-state index in [2.05, 4.69) is 20.6 Å². The first-order valence-corrected chi connectivity index (χ1v) is 7.06. The molecule has 3 aromatic rings. The van der Waals surface area contributed by atoms with Crippen molar-refractivity contribution < 1.29 is 4.79 Å². The van der Waals surface area contributed by atoms with Gasteiger partial charge in [0.05, 0.1) is 11.0 Å². The number of carbonyl (C=O) groups is 1. The lowest BCUT2D eigenvalue weighted by atomic mass is 10.2. The molecule has 1 aromatic heterocycles. The van der Waals surface area contributed by atoms with Crippen LogP contribution in [0, 0.1) is 0 Å². The number of rotatable bonds is 4. The summed E-state index contributed by atoms with van der Waals surface area (Å²) in [4.78, 5) is 20.3. The van der Waals surface area contributed by atoms with Crippen molar-refractivity contribution in [3.63, 3.8) is 0 Å². The molecule has 1 heterocycles. The Labute approximate surface area is 128 Å². The Morgan fingerprint density at radius 1 is 0.818 bits per heavy atom. The summed E-state index contributed by atoms with van der Waals surface area (Å²) in [7, 11) is 0. The second kappa shape index (κ2) is 6.67. The highest BCUT2D eigenvalue weighted by atomic mass is 16.2. The first-order chi connectivity index (χ1) is 10.8. The van der Waals surface area contributed by atoms with Crippen LogP contribution in [0.4, 0.5) is 4.79 Å². The van der Waals surface area contributed by atoms with E-state index in [9.17, 15) is 4.79 Å². The zero-order chi connectivity index (χ0) is 15.2. The highest BCUT2D eigenvalue weighted by Crippen LogP contribution is 2.10. The lowest BCUT2D eigenvalue weighted by molar-refractivity contribution is 0.240. The van der Waals surface area contributed by atoms with E-state index >= 15 is 0 Å². The minimum atomic E-state index is -0.192. The van der Waals surface area contributed by atoms with Gasteiger partial charge in [-0.1, -0.05) is 36.4 Å². The van der Waals surface area contributed by atoms with Gasteiger partial charge in [0.2, 0.25) is 0 Å². The fraction of sp³-hybridized carbons (Fsp3) is 0.118. The van der Waals surface area contributed by atoms with Gasteiger partial charge in [-0.3, -0.25) is 9.97 Å². The Balaban J connectivity index is 1.53. The molecule has 0 aliphatic carbocycles. The van der Waals surface area contributed by atoms with Crippen molar-refractivity contribution >= 4 is 17.1 Å². The Bertz CT molecular complexity index is 774. The van der Waals surface area contributed by atoms with E-state index < -0.39 is 0 Å². The maximum absolute atomic E-state index is 11.8. The lowest BCUT2D eigenvalue weighted by Gasteiger charge is -2.08. The Morgan fingerprint density at radius 2 is 1.50 bits per heavy atom. The van der Waals surface area contributed by atoms with Crippen LogP contribution in [0.3, 0.4) is 0 Å². The van der Waals surface area contributed by atoms with Gasteiger partial charge in [0.15, 0.2) is 0 Å². The molecule has 0 bridgehead atoms. The number of amides is 2. The van der Waals surface area contributed by atoms with E-state index in [0.717, 1.165) is 22.2 Å². The molecule has 2 N–H and O–H groups in total. The molecule has 0 fully saturated rings. The fourth-order valence-corrected chi connectivity index (χ4v) is 2.14. The molecule has 5 nitrogen and oxygen atoms in total. The normalized spacial score (nSPS) is 10.4. The van der Waals surface area contributed by atoms with Crippen LogP contribution < -0.4 is 10.6 Å². The first kappa shape index (κ1) is 14.0. The van der Waals surface area contributed by atoms with E-state index in [1.807, 2.05) is 48.5 Å². The summed E-state index contributed by atoms with van der Waals surface area (Å²) in [5, 5.41) is 5.66. The Kier molecular flexibility index (Phi) is 4.25. The molecule has 22 heavy (non-hydrogen) atoms. The summed E-state index contributed by atoms with van der Waals surface area (Å²) in [6.07, 6.45) is 3.32. The number of fused-ring (bicyclic) bond motifs is 1. The highest BCUT2D eigenvalue weighted by Gasteiger charge is 2.02. The molecule has 0 spiro atoms. The summed E-state index contributed by atoms with van der Waals surface area (Å²) >= 11 is 0. The van der Waals surface area contributed by atoms with E-state index in [1.54, 1.807) is 12.4 Å². The second-order valence-electron chi connectivity index (χ2n) is 4.90. The van der Waals surface area contributed by atoms with Gasteiger partial charge in [-0.25, -0.2) is 4.79 Å². The predicted molar refractivity (Wildman–Crippen MR) is 85.1 cm³/mol. The standard InChI is InChI=1S/C17H16N4O/c22-17(20-11-13-4-2-1-3-5-13)21-12-14-6-7-15-16(10-14)19-9-8-18-15/h1-10H,11-12H2,(H2,20,21,22). The molecule has 2 amide bonds. The van der Waals surface area contributed by atoms with E-state index in [4.69, 9.17) is 0 Å². The SMILES string of the molecule is O=C(NCc1ccccc1)NCc1ccc2nccnc2c1. The van der Waals surface area contributed by atoms with E-state index in [-0.39, 0.29) is 6.03 Å². The number of benzene rings is 2. The van der Waals surface area contributed by atoms with Gasteiger partial charge >= 0.3 is 6.03 Å². The van der Waals surface area contributed by atoms with Crippen LogP contribution in [0.25, 0.3) is 11.0 Å². The van der Waals surface area contributed by atoms with Crippen molar-refractivity contribution in [2.75, 3.05) is 0 Å². The van der Waals surface area contributed by atoms with Gasteiger partial charge in [-0.15, -0.1) is 0 Å². The Hall–Kier alpha value is -2.95.